The van der Waals surface area contributed by atoms with Gasteiger partial charge in [0, 0.05) is 0 Å². The molecule has 1 aromatic rings. The Kier molecular flexibility index (Phi) is 3.43. The van der Waals surface area contributed by atoms with Gasteiger partial charge in [-0.15, -0.1) is 0 Å². The molecule has 2 atom stereocenters. The van der Waals surface area contributed by atoms with E-state index in [4.69, 9.17) is 5.26 Å². The predicted molar refractivity (Wildman–Crippen MR) is 63.0 cm³/mol. The van der Waals surface area contributed by atoms with E-state index >= 15 is 0 Å². The lowest BCUT2D eigenvalue weighted by Gasteiger charge is -2.29. The van der Waals surface area contributed by atoms with E-state index in [0.717, 1.165) is 31.4 Å². The Hall–Kier alpha value is -1.53. The molecular formula is C13H16N2O. The van der Waals surface area contributed by atoms with Crippen molar-refractivity contribution in [1.82, 2.24) is 0 Å². The van der Waals surface area contributed by atoms with Gasteiger partial charge in [0.05, 0.1) is 23.4 Å². The molecule has 84 valence electrons. The van der Waals surface area contributed by atoms with Crippen molar-refractivity contribution < 1.29 is 5.11 Å². The molecule has 0 aliphatic heterocycles. The second kappa shape index (κ2) is 5.00. The highest BCUT2D eigenvalue weighted by molar-refractivity contribution is 5.57. The number of hydrogen-bond acceptors (Lipinski definition) is 3. The van der Waals surface area contributed by atoms with Crippen molar-refractivity contribution in [1.29, 1.82) is 5.26 Å². The fourth-order valence-electron chi connectivity index (χ4n) is 2.19. The van der Waals surface area contributed by atoms with Crippen molar-refractivity contribution in [2.45, 2.75) is 37.8 Å². The molecule has 1 fully saturated rings. The second-order valence-electron chi connectivity index (χ2n) is 4.26. The zero-order valence-corrected chi connectivity index (χ0v) is 9.19. The van der Waals surface area contributed by atoms with Gasteiger partial charge in [-0.3, -0.25) is 0 Å². The highest BCUT2D eigenvalue weighted by atomic mass is 16.3. The summed E-state index contributed by atoms with van der Waals surface area (Å²) in [5.74, 6) is 0. The minimum Gasteiger partial charge on any atom is -0.391 e. The first-order chi connectivity index (χ1) is 7.81. The highest BCUT2D eigenvalue weighted by Gasteiger charge is 2.23. The van der Waals surface area contributed by atoms with Gasteiger partial charge in [-0.1, -0.05) is 25.0 Å². The van der Waals surface area contributed by atoms with Gasteiger partial charge in [-0.25, -0.2) is 0 Å². The lowest BCUT2D eigenvalue weighted by molar-refractivity contribution is 0.116. The standard InChI is InChI=1S/C13H16N2O/c14-9-10-5-1-2-6-11(10)15-12-7-3-4-8-13(12)16/h1-2,5-6,12-13,15-16H,3-4,7-8H2/t12-,13-/m0/s1. The minimum absolute atomic E-state index is 0.0863. The maximum absolute atomic E-state index is 9.85. The van der Waals surface area contributed by atoms with Gasteiger partial charge in [0.2, 0.25) is 0 Å². The Morgan fingerprint density at radius 1 is 1.25 bits per heavy atom. The van der Waals surface area contributed by atoms with Gasteiger partial charge in [0.25, 0.3) is 0 Å². The molecule has 1 aliphatic rings. The fraction of sp³-hybridized carbons (Fsp3) is 0.462. The van der Waals surface area contributed by atoms with Crippen molar-refractivity contribution in [3.63, 3.8) is 0 Å². The first kappa shape index (κ1) is 11.0. The van der Waals surface area contributed by atoms with Gasteiger partial charge >= 0.3 is 0 Å². The molecule has 3 nitrogen and oxygen atoms in total. The molecular weight excluding hydrogens is 200 g/mol. The van der Waals surface area contributed by atoms with E-state index in [1.54, 1.807) is 6.07 Å². The van der Waals surface area contributed by atoms with Gasteiger partial charge in [-0.05, 0) is 25.0 Å². The molecule has 16 heavy (non-hydrogen) atoms. The van der Waals surface area contributed by atoms with Crippen LogP contribution in [0.3, 0.4) is 0 Å². The number of para-hydroxylation sites is 1. The van der Waals surface area contributed by atoms with Crippen LogP contribution in [0.4, 0.5) is 5.69 Å². The van der Waals surface area contributed by atoms with E-state index in [0.29, 0.717) is 5.56 Å². The number of nitriles is 1. The van der Waals surface area contributed by atoms with Crippen molar-refractivity contribution in [2.24, 2.45) is 0 Å². The Bertz CT molecular complexity index is 397. The van der Waals surface area contributed by atoms with Crippen LogP contribution in [0.25, 0.3) is 0 Å². The number of nitrogens with one attached hydrogen (secondary N) is 1. The Balaban J connectivity index is 2.11. The Labute approximate surface area is 95.7 Å². The summed E-state index contributed by atoms with van der Waals surface area (Å²) in [6.45, 7) is 0. The molecule has 0 unspecified atom stereocenters. The predicted octanol–water partition coefficient (Wildman–Crippen LogP) is 2.27. The van der Waals surface area contributed by atoms with Crippen LogP contribution in [0.5, 0.6) is 0 Å². The van der Waals surface area contributed by atoms with Crippen LogP contribution >= 0.6 is 0 Å². The quantitative estimate of drug-likeness (QED) is 0.797. The van der Waals surface area contributed by atoms with E-state index in [1.165, 1.54) is 0 Å². The maximum atomic E-state index is 9.85. The largest absolute Gasteiger partial charge is 0.391 e. The molecule has 0 radical (unpaired) electrons. The third-order valence-corrected chi connectivity index (χ3v) is 3.12. The van der Waals surface area contributed by atoms with Crippen LogP contribution in [0.1, 0.15) is 31.2 Å². The summed E-state index contributed by atoms with van der Waals surface area (Å²) in [4.78, 5) is 0. The summed E-state index contributed by atoms with van der Waals surface area (Å²) >= 11 is 0. The smallest absolute Gasteiger partial charge is 0.101 e. The molecule has 1 aliphatic carbocycles. The van der Waals surface area contributed by atoms with E-state index in [2.05, 4.69) is 11.4 Å². The highest BCUT2D eigenvalue weighted by Crippen LogP contribution is 2.23. The van der Waals surface area contributed by atoms with Crippen LogP contribution in [0.15, 0.2) is 24.3 Å². The van der Waals surface area contributed by atoms with Crippen LogP contribution in [-0.2, 0) is 0 Å². The van der Waals surface area contributed by atoms with E-state index in [-0.39, 0.29) is 12.1 Å². The molecule has 0 bridgehead atoms. The van der Waals surface area contributed by atoms with Crippen molar-refractivity contribution >= 4 is 5.69 Å². The number of aliphatic hydroxyl groups is 1. The van der Waals surface area contributed by atoms with Crippen LogP contribution in [-0.4, -0.2) is 17.3 Å². The van der Waals surface area contributed by atoms with Crippen LogP contribution in [0, 0.1) is 11.3 Å². The monoisotopic (exact) mass is 216 g/mol. The number of aliphatic hydroxyl groups excluding tert-OH is 1. The molecule has 0 heterocycles. The summed E-state index contributed by atoms with van der Waals surface area (Å²) in [6.07, 6.45) is 3.77. The Morgan fingerprint density at radius 3 is 2.75 bits per heavy atom. The molecule has 3 heteroatoms. The van der Waals surface area contributed by atoms with Gasteiger partial charge in [0.15, 0.2) is 0 Å². The molecule has 0 spiro atoms. The summed E-state index contributed by atoms with van der Waals surface area (Å²) < 4.78 is 0. The zero-order chi connectivity index (χ0) is 11.4. The fourth-order valence-corrected chi connectivity index (χ4v) is 2.19. The third kappa shape index (κ3) is 2.34. The number of benzene rings is 1. The summed E-state index contributed by atoms with van der Waals surface area (Å²) in [6, 6.07) is 9.67. The third-order valence-electron chi connectivity index (χ3n) is 3.12. The van der Waals surface area contributed by atoms with Crippen LogP contribution in [0.2, 0.25) is 0 Å². The van der Waals surface area contributed by atoms with E-state index in [1.807, 2.05) is 18.2 Å². The van der Waals surface area contributed by atoms with Gasteiger partial charge in [0.1, 0.15) is 6.07 Å². The van der Waals surface area contributed by atoms with Crippen molar-refractivity contribution in [3.8, 4) is 6.07 Å². The molecule has 0 amide bonds. The second-order valence-corrected chi connectivity index (χ2v) is 4.26. The number of nitrogens with zero attached hydrogens (tertiary/aromatic N) is 1. The SMILES string of the molecule is N#Cc1ccccc1N[C@H]1CCCC[C@@H]1O. The number of anilines is 1. The number of rotatable bonds is 2. The molecule has 1 aromatic carbocycles. The molecule has 1 saturated carbocycles. The lowest BCUT2D eigenvalue weighted by atomic mass is 9.92. The minimum atomic E-state index is -0.291. The molecule has 0 aromatic heterocycles. The average molecular weight is 216 g/mol. The normalized spacial score (nSPS) is 24.8. The molecule has 2 N–H and O–H groups in total. The molecule has 2 rings (SSSR count). The van der Waals surface area contributed by atoms with Crippen LogP contribution < -0.4 is 5.32 Å². The summed E-state index contributed by atoms with van der Waals surface area (Å²) in [7, 11) is 0. The van der Waals surface area contributed by atoms with Gasteiger partial charge in [-0.2, -0.15) is 5.26 Å². The topological polar surface area (TPSA) is 56.0 Å². The summed E-state index contributed by atoms with van der Waals surface area (Å²) in [5, 5.41) is 22.1. The van der Waals surface area contributed by atoms with Crippen molar-refractivity contribution in [3.05, 3.63) is 29.8 Å². The number of hydrogen-bond donors (Lipinski definition) is 2. The van der Waals surface area contributed by atoms with Gasteiger partial charge < -0.3 is 10.4 Å². The zero-order valence-electron chi connectivity index (χ0n) is 9.19. The molecule has 0 saturated heterocycles. The van der Waals surface area contributed by atoms with Crippen molar-refractivity contribution in [2.75, 3.05) is 5.32 Å². The maximum Gasteiger partial charge on any atom is 0.101 e. The Morgan fingerprint density at radius 2 is 2.00 bits per heavy atom. The summed E-state index contributed by atoms with van der Waals surface area (Å²) in [5.41, 5.74) is 1.47. The average Bonchev–Trinajstić information content (AvgIpc) is 2.33. The first-order valence-electron chi connectivity index (χ1n) is 5.75. The first-order valence-corrected chi connectivity index (χ1v) is 5.75. The van der Waals surface area contributed by atoms with E-state index in [9.17, 15) is 5.11 Å². The lowest BCUT2D eigenvalue weighted by Crippen LogP contribution is -2.36. The van der Waals surface area contributed by atoms with E-state index < -0.39 is 0 Å².